The van der Waals surface area contributed by atoms with Crippen molar-refractivity contribution in [3.8, 4) is 11.7 Å². The van der Waals surface area contributed by atoms with Gasteiger partial charge in [0.1, 0.15) is 0 Å². The smallest absolute Gasteiger partial charge is 0.435 e. The molecule has 17 heavy (non-hydrogen) atoms. The van der Waals surface area contributed by atoms with Crippen LogP contribution >= 0.6 is 0 Å². The summed E-state index contributed by atoms with van der Waals surface area (Å²) in [7, 11) is 0. The first-order chi connectivity index (χ1) is 7.89. The maximum absolute atomic E-state index is 12.4. The van der Waals surface area contributed by atoms with E-state index in [2.05, 4.69) is 10.1 Å². The highest BCUT2D eigenvalue weighted by molar-refractivity contribution is 5.36. The van der Waals surface area contributed by atoms with Gasteiger partial charge < -0.3 is 5.11 Å². The van der Waals surface area contributed by atoms with Crippen molar-refractivity contribution in [2.24, 2.45) is 0 Å². The van der Waals surface area contributed by atoms with E-state index in [0.29, 0.717) is 11.6 Å². The van der Waals surface area contributed by atoms with Gasteiger partial charge in [-0.25, -0.2) is 4.98 Å². The monoisotopic (exact) mass is 243 g/mol. The van der Waals surface area contributed by atoms with Gasteiger partial charge in [-0.15, -0.1) is 0 Å². The first-order valence-electron chi connectivity index (χ1n) is 4.68. The summed E-state index contributed by atoms with van der Waals surface area (Å²) >= 11 is 0. The molecule has 0 radical (unpaired) electrons. The summed E-state index contributed by atoms with van der Waals surface area (Å²) in [5, 5.41) is 12.7. The largest absolute Gasteiger partial charge is 0.493 e. The highest BCUT2D eigenvalue weighted by Crippen LogP contribution is 2.31. The molecule has 0 amide bonds. The quantitative estimate of drug-likeness (QED) is 0.836. The van der Waals surface area contributed by atoms with Crippen LogP contribution in [0.4, 0.5) is 13.2 Å². The van der Waals surface area contributed by atoms with Crippen LogP contribution in [-0.4, -0.2) is 19.9 Å². The molecule has 0 atom stereocenters. The Morgan fingerprint density at radius 3 is 2.59 bits per heavy atom. The molecule has 0 aromatic carbocycles. The number of aryl methyl sites for hydroxylation is 1. The number of alkyl halides is 3. The van der Waals surface area contributed by atoms with Gasteiger partial charge in [0, 0.05) is 12.3 Å². The third-order valence-corrected chi connectivity index (χ3v) is 2.16. The third-order valence-electron chi connectivity index (χ3n) is 2.16. The second kappa shape index (κ2) is 3.76. The molecule has 0 aliphatic carbocycles. The van der Waals surface area contributed by atoms with Gasteiger partial charge in [0.05, 0.1) is 0 Å². The van der Waals surface area contributed by atoms with Gasteiger partial charge in [-0.2, -0.15) is 23.0 Å². The van der Waals surface area contributed by atoms with Gasteiger partial charge in [0.15, 0.2) is 11.5 Å². The lowest BCUT2D eigenvalue weighted by atomic mass is 10.3. The van der Waals surface area contributed by atoms with Crippen molar-refractivity contribution >= 4 is 0 Å². The number of rotatable bonds is 1. The van der Waals surface area contributed by atoms with Crippen molar-refractivity contribution in [1.82, 2.24) is 14.8 Å². The summed E-state index contributed by atoms with van der Waals surface area (Å²) < 4.78 is 37.9. The van der Waals surface area contributed by atoms with Crippen molar-refractivity contribution in [3.63, 3.8) is 0 Å². The molecule has 0 fully saturated rings. The van der Waals surface area contributed by atoms with E-state index in [1.165, 1.54) is 6.20 Å². The summed E-state index contributed by atoms with van der Waals surface area (Å²) in [6, 6.07) is 3.87. The summed E-state index contributed by atoms with van der Waals surface area (Å²) in [6.45, 7) is 1.66. The van der Waals surface area contributed by atoms with Gasteiger partial charge in [-0.05, 0) is 18.6 Å². The molecule has 90 valence electrons. The third kappa shape index (κ3) is 2.08. The minimum Gasteiger partial charge on any atom is -0.493 e. The molecule has 7 heteroatoms. The normalized spacial score (nSPS) is 11.8. The predicted molar refractivity (Wildman–Crippen MR) is 52.8 cm³/mol. The zero-order valence-corrected chi connectivity index (χ0v) is 8.73. The van der Waals surface area contributed by atoms with Gasteiger partial charge in [-0.1, -0.05) is 6.07 Å². The van der Waals surface area contributed by atoms with Gasteiger partial charge in [0.2, 0.25) is 5.88 Å². The fraction of sp³-hybridized carbons (Fsp3) is 0.200. The lowest BCUT2D eigenvalue weighted by Crippen LogP contribution is -2.08. The molecular weight excluding hydrogens is 235 g/mol. The van der Waals surface area contributed by atoms with Crippen LogP contribution in [0, 0.1) is 6.92 Å². The van der Waals surface area contributed by atoms with Crippen molar-refractivity contribution in [1.29, 1.82) is 0 Å². The van der Waals surface area contributed by atoms with E-state index < -0.39 is 17.8 Å². The lowest BCUT2D eigenvalue weighted by molar-refractivity contribution is -0.141. The van der Waals surface area contributed by atoms with Crippen LogP contribution in [-0.2, 0) is 6.18 Å². The standard InChI is InChI=1S/C10H8F3N3O/c1-6-3-2-4-14-9(6)16-8(17)5-7(15-16)10(11,12)13/h2-5,17H,1H3. The number of halogens is 3. The highest BCUT2D eigenvalue weighted by atomic mass is 19.4. The fourth-order valence-electron chi connectivity index (χ4n) is 1.36. The zero-order valence-electron chi connectivity index (χ0n) is 8.73. The molecule has 2 rings (SSSR count). The summed E-state index contributed by atoms with van der Waals surface area (Å²) in [5.41, 5.74) is -0.542. The SMILES string of the molecule is Cc1cccnc1-n1nc(C(F)(F)F)cc1O. The highest BCUT2D eigenvalue weighted by Gasteiger charge is 2.35. The molecule has 0 saturated carbocycles. The Balaban J connectivity index is 2.55. The van der Waals surface area contributed by atoms with E-state index in [4.69, 9.17) is 0 Å². The second-order valence-electron chi connectivity index (χ2n) is 3.44. The van der Waals surface area contributed by atoms with Gasteiger partial charge >= 0.3 is 6.18 Å². The number of pyridine rings is 1. The molecule has 0 aliphatic heterocycles. The van der Waals surface area contributed by atoms with Crippen LogP contribution in [0.15, 0.2) is 24.4 Å². The minimum atomic E-state index is -4.59. The summed E-state index contributed by atoms with van der Waals surface area (Å²) in [6.07, 6.45) is -3.18. The number of nitrogens with zero attached hydrogens (tertiary/aromatic N) is 3. The van der Waals surface area contributed by atoms with Crippen LogP contribution in [0.25, 0.3) is 5.82 Å². The molecular formula is C10H8F3N3O. The fourth-order valence-corrected chi connectivity index (χ4v) is 1.36. The van der Waals surface area contributed by atoms with Crippen LogP contribution in [0.2, 0.25) is 0 Å². The van der Waals surface area contributed by atoms with E-state index in [0.717, 1.165) is 4.68 Å². The molecule has 0 spiro atoms. The minimum absolute atomic E-state index is 0.167. The van der Waals surface area contributed by atoms with E-state index >= 15 is 0 Å². The van der Waals surface area contributed by atoms with Crippen molar-refractivity contribution < 1.29 is 18.3 Å². The topological polar surface area (TPSA) is 50.9 Å². The molecule has 0 aliphatic rings. The van der Waals surface area contributed by atoms with Crippen LogP contribution in [0.3, 0.4) is 0 Å². The predicted octanol–water partition coefficient (Wildman–Crippen LogP) is 2.30. The summed E-state index contributed by atoms with van der Waals surface area (Å²) in [4.78, 5) is 3.88. The number of aromatic nitrogens is 3. The first kappa shape index (κ1) is 11.4. The number of hydrogen-bond donors (Lipinski definition) is 1. The van der Waals surface area contributed by atoms with E-state index in [-0.39, 0.29) is 5.82 Å². The van der Waals surface area contributed by atoms with Gasteiger partial charge in [0.25, 0.3) is 0 Å². The molecule has 0 unspecified atom stereocenters. The Morgan fingerprint density at radius 2 is 2.06 bits per heavy atom. The maximum atomic E-state index is 12.4. The van der Waals surface area contributed by atoms with Crippen molar-refractivity contribution in [2.45, 2.75) is 13.1 Å². The Bertz CT molecular complexity index is 548. The van der Waals surface area contributed by atoms with E-state index in [9.17, 15) is 18.3 Å². The average Bonchev–Trinajstić information content (AvgIpc) is 2.61. The van der Waals surface area contributed by atoms with E-state index in [1.807, 2.05) is 0 Å². The van der Waals surface area contributed by atoms with E-state index in [1.54, 1.807) is 19.1 Å². The molecule has 0 saturated heterocycles. The Morgan fingerprint density at radius 1 is 1.35 bits per heavy atom. The Kier molecular flexibility index (Phi) is 2.53. The van der Waals surface area contributed by atoms with Gasteiger partial charge in [-0.3, -0.25) is 0 Å². The Hall–Kier alpha value is -2.05. The summed E-state index contributed by atoms with van der Waals surface area (Å²) in [5.74, 6) is -0.431. The van der Waals surface area contributed by atoms with Crippen LogP contribution in [0.5, 0.6) is 5.88 Å². The average molecular weight is 243 g/mol. The first-order valence-corrected chi connectivity index (χ1v) is 4.68. The molecule has 0 bridgehead atoms. The van der Waals surface area contributed by atoms with Crippen molar-refractivity contribution in [3.05, 3.63) is 35.7 Å². The van der Waals surface area contributed by atoms with Crippen molar-refractivity contribution in [2.75, 3.05) is 0 Å². The maximum Gasteiger partial charge on any atom is 0.435 e. The molecule has 1 N–H and O–H groups in total. The number of hydrogen-bond acceptors (Lipinski definition) is 3. The molecule has 2 aromatic heterocycles. The Labute approximate surface area is 94.3 Å². The van der Waals surface area contributed by atoms with Crippen LogP contribution in [0.1, 0.15) is 11.3 Å². The molecule has 4 nitrogen and oxygen atoms in total. The number of aromatic hydroxyl groups is 1. The molecule has 2 heterocycles. The second-order valence-corrected chi connectivity index (χ2v) is 3.44. The van der Waals surface area contributed by atoms with Crippen LogP contribution < -0.4 is 0 Å². The zero-order chi connectivity index (χ0) is 12.6. The molecule has 2 aromatic rings. The lowest BCUT2D eigenvalue weighted by Gasteiger charge is -2.05.